The van der Waals surface area contributed by atoms with Gasteiger partial charge in [0, 0.05) is 30.9 Å². The summed E-state index contributed by atoms with van der Waals surface area (Å²) in [5.41, 5.74) is 3.34. The highest BCUT2D eigenvalue weighted by atomic mass is 32.2. The molecule has 150 valence electrons. The monoisotopic (exact) mass is 410 g/mol. The van der Waals surface area contributed by atoms with E-state index in [-0.39, 0.29) is 17.6 Å². The van der Waals surface area contributed by atoms with Gasteiger partial charge in [0.15, 0.2) is 5.16 Å². The predicted octanol–water partition coefficient (Wildman–Crippen LogP) is 3.78. The number of nitrogens with one attached hydrogen (secondary N) is 2. The molecule has 1 aromatic heterocycles. The summed E-state index contributed by atoms with van der Waals surface area (Å²) >= 11 is 1.37. The maximum absolute atomic E-state index is 12.3. The van der Waals surface area contributed by atoms with Crippen molar-refractivity contribution in [1.82, 2.24) is 9.55 Å². The maximum atomic E-state index is 12.3. The fourth-order valence-electron chi connectivity index (χ4n) is 2.72. The molecule has 0 radical (unpaired) electrons. The van der Waals surface area contributed by atoms with E-state index in [9.17, 15) is 9.59 Å². The van der Waals surface area contributed by atoms with Gasteiger partial charge in [-0.05, 0) is 48.5 Å². The zero-order valence-corrected chi connectivity index (χ0v) is 17.2. The van der Waals surface area contributed by atoms with E-state index in [2.05, 4.69) is 15.6 Å². The maximum Gasteiger partial charge on any atom is 0.234 e. The fraction of sp³-hybridized carbons (Fsp3) is 0.190. The van der Waals surface area contributed by atoms with Gasteiger partial charge in [0.1, 0.15) is 5.75 Å². The van der Waals surface area contributed by atoms with Crippen molar-refractivity contribution in [2.45, 2.75) is 12.1 Å². The number of rotatable bonds is 7. The molecule has 0 aliphatic heterocycles. The lowest BCUT2D eigenvalue weighted by Crippen LogP contribution is -2.14. The summed E-state index contributed by atoms with van der Waals surface area (Å²) in [4.78, 5) is 27.7. The molecule has 0 bridgehead atoms. The van der Waals surface area contributed by atoms with E-state index in [1.165, 1.54) is 18.7 Å². The molecule has 0 saturated heterocycles. The first-order valence-corrected chi connectivity index (χ1v) is 9.91. The molecule has 0 aliphatic carbocycles. The summed E-state index contributed by atoms with van der Waals surface area (Å²) < 4.78 is 7.15. The number of methoxy groups -OCH3 is 1. The van der Waals surface area contributed by atoms with Gasteiger partial charge in [-0.2, -0.15) is 0 Å². The van der Waals surface area contributed by atoms with Crippen molar-refractivity contribution in [2.75, 3.05) is 23.5 Å². The summed E-state index contributed by atoms with van der Waals surface area (Å²) in [7, 11) is 3.56. The molecule has 0 atom stereocenters. The number of hydrogen-bond donors (Lipinski definition) is 2. The molecule has 0 unspecified atom stereocenters. The van der Waals surface area contributed by atoms with Crippen molar-refractivity contribution in [3.63, 3.8) is 0 Å². The molecule has 3 rings (SSSR count). The minimum absolute atomic E-state index is 0.128. The average molecular weight is 410 g/mol. The second-order valence-electron chi connectivity index (χ2n) is 6.31. The van der Waals surface area contributed by atoms with Crippen LogP contribution < -0.4 is 15.4 Å². The number of aromatic nitrogens is 2. The van der Waals surface area contributed by atoms with Crippen molar-refractivity contribution < 1.29 is 14.3 Å². The predicted molar refractivity (Wildman–Crippen MR) is 115 cm³/mol. The Bertz CT molecular complexity index is 998. The van der Waals surface area contributed by atoms with Gasteiger partial charge < -0.3 is 19.9 Å². The molecule has 0 aliphatic rings. The van der Waals surface area contributed by atoms with Gasteiger partial charge in [0.2, 0.25) is 11.8 Å². The highest BCUT2D eigenvalue weighted by Gasteiger charge is 2.11. The second kappa shape index (κ2) is 9.29. The number of carbonyl (C=O) groups excluding carboxylic acids is 2. The number of hydrogen-bond acceptors (Lipinski definition) is 5. The third-order valence-electron chi connectivity index (χ3n) is 4.15. The summed E-state index contributed by atoms with van der Waals surface area (Å²) in [6.07, 6.45) is 1.79. The first kappa shape index (κ1) is 20.5. The number of ether oxygens (including phenoxy) is 1. The highest BCUT2D eigenvalue weighted by Crippen LogP contribution is 2.26. The first-order valence-electron chi connectivity index (χ1n) is 8.92. The topological polar surface area (TPSA) is 85.2 Å². The Morgan fingerprint density at radius 3 is 2.24 bits per heavy atom. The molecular weight excluding hydrogens is 388 g/mol. The lowest BCUT2D eigenvalue weighted by Gasteiger charge is -2.08. The van der Waals surface area contributed by atoms with Crippen molar-refractivity contribution in [3.8, 4) is 17.0 Å². The van der Waals surface area contributed by atoms with Gasteiger partial charge in [0.25, 0.3) is 0 Å². The Hall–Kier alpha value is -3.26. The van der Waals surface area contributed by atoms with Gasteiger partial charge >= 0.3 is 0 Å². The number of amides is 2. The van der Waals surface area contributed by atoms with Crippen molar-refractivity contribution >= 4 is 35.0 Å². The lowest BCUT2D eigenvalue weighted by atomic mass is 10.1. The Labute approximate surface area is 173 Å². The largest absolute Gasteiger partial charge is 0.497 e. The van der Waals surface area contributed by atoms with Gasteiger partial charge in [-0.25, -0.2) is 4.98 Å². The highest BCUT2D eigenvalue weighted by molar-refractivity contribution is 7.99. The van der Waals surface area contributed by atoms with E-state index >= 15 is 0 Å². The molecule has 3 aromatic rings. The fourth-order valence-corrected chi connectivity index (χ4v) is 3.48. The van der Waals surface area contributed by atoms with Crippen molar-refractivity contribution in [2.24, 2.45) is 7.05 Å². The zero-order valence-electron chi connectivity index (χ0n) is 16.4. The molecule has 29 heavy (non-hydrogen) atoms. The standard InChI is InChI=1S/C21H22N4O3S/c1-14(26)23-16-6-8-17(9-7-16)24-20(27)13-29-21-22-12-19(25(21)2)15-4-10-18(28-3)11-5-15/h4-12H,13H2,1-3H3,(H,23,26)(H,24,27). The minimum atomic E-state index is -0.137. The van der Waals surface area contributed by atoms with Gasteiger partial charge in [-0.3, -0.25) is 9.59 Å². The number of anilines is 2. The summed E-state index contributed by atoms with van der Waals surface area (Å²) in [5, 5.41) is 6.28. The number of carbonyl (C=O) groups is 2. The third kappa shape index (κ3) is 5.39. The van der Waals surface area contributed by atoms with E-state index < -0.39 is 0 Å². The number of imidazole rings is 1. The van der Waals surface area contributed by atoms with E-state index in [1.54, 1.807) is 37.6 Å². The third-order valence-corrected chi connectivity index (χ3v) is 5.20. The van der Waals surface area contributed by atoms with Crippen LogP contribution in [0.2, 0.25) is 0 Å². The Kier molecular flexibility index (Phi) is 6.56. The molecule has 2 amide bonds. The van der Waals surface area contributed by atoms with Crippen LogP contribution in [0.3, 0.4) is 0 Å². The quantitative estimate of drug-likeness (QED) is 0.579. The van der Waals surface area contributed by atoms with E-state index in [0.29, 0.717) is 11.4 Å². The van der Waals surface area contributed by atoms with E-state index in [1.807, 2.05) is 35.9 Å². The molecule has 0 fully saturated rings. The Morgan fingerprint density at radius 1 is 1.03 bits per heavy atom. The number of benzene rings is 2. The van der Waals surface area contributed by atoms with Crippen LogP contribution in [0.15, 0.2) is 59.9 Å². The number of nitrogens with zero attached hydrogens (tertiary/aromatic N) is 2. The summed E-state index contributed by atoms with van der Waals surface area (Å²) in [5.74, 6) is 0.770. The van der Waals surface area contributed by atoms with Crippen LogP contribution >= 0.6 is 11.8 Å². The molecule has 2 N–H and O–H groups in total. The lowest BCUT2D eigenvalue weighted by molar-refractivity contribution is -0.114. The normalized spacial score (nSPS) is 10.4. The van der Waals surface area contributed by atoms with Crippen LogP contribution in [0.5, 0.6) is 5.75 Å². The first-order chi connectivity index (χ1) is 14.0. The Balaban J connectivity index is 1.57. The van der Waals surface area contributed by atoms with Crippen LogP contribution in [0.25, 0.3) is 11.3 Å². The molecule has 8 heteroatoms. The Morgan fingerprint density at radius 2 is 1.66 bits per heavy atom. The van der Waals surface area contributed by atoms with Gasteiger partial charge in [-0.15, -0.1) is 0 Å². The molecule has 2 aromatic carbocycles. The van der Waals surface area contributed by atoms with Crippen LogP contribution in [-0.2, 0) is 16.6 Å². The molecule has 7 nitrogen and oxygen atoms in total. The SMILES string of the molecule is COc1ccc(-c2cnc(SCC(=O)Nc3ccc(NC(C)=O)cc3)n2C)cc1. The average Bonchev–Trinajstić information content (AvgIpc) is 3.08. The zero-order chi connectivity index (χ0) is 20.8. The van der Waals surface area contributed by atoms with E-state index in [4.69, 9.17) is 4.74 Å². The van der Waals surface area contributed by atoms with Gasteiger partial charge in [0.05, 0.1) is 24.8 Å². The molecule has 1 heterocycles. The molecule has 0 saturated carbocycles. The van der Waals surface area contributed by atoms with Crippen LogP contribution in [-0.4, -0.2) is 34.2 Å². The molecular formula is C21H22N4O3S. The second-order valence-corrected chi connectivity index (χ2v) is 7.25. The minimum Gasteiger partial charge on any atom is -0.497 e. The van der Waals surface area contributed by atoms with Crippen LogP contribution in [0.1, 0.15) is 6.92 Å². The van der Waals surface area contributed by atoms with Crippen molar-refractivity contribution in [1.29, 1.82) is 0 Å². The number of thioether (sulfide) groups is 1. The molecule has 0 spiro atoms. The van der Waals surface area contributed by atoms with Crippen molar-refractivity contribution in [3.05, 3.63) is 54.7 Å². The summed E-state index contributed by atoms with van der Waals surface area (Å²) in [6, 6.07) is 14.7. The van der Waals surface area contributed by atoms with Crippen LogP contribution in [0.4, 0.5) is 11.4 Å². The van der Waals surface area contributed by atoms with E-state index in [0.717, 1.165) is 22.2 Å². The van der Waals surface area contributed by atoms with Gasteiger partial charge in [-0.1, -0.05) is 11.8 Å². The van der Waals surface area contributed by atoms with Crippen LogP contribution in [0, 0.1) is 0 Å². The smallest absolute Gasteiger partial charge is 0.234 e. The summed E-state index contributed by atoms with van der Waals surface area (Å²) in [6.45, 7) is 1.45.